The van der Waals surface area contributed by atoms with Crippen molar-refractivity contribution in [3.63, 3.8) is 0 Å². The number of rotatable bonds is 7. The third-order valence-electron chi connectivity index (χ3n) is 5.32. The van der Waals surface area contributed by atoms with Gasteiger partial charge in [0.25, 0.3) is 0 Å². The topological polar surface area (TPSA) is 66.0 Å². The largest absolute Gasteiger partial charge is 0.462 e. The number of esters is 1. The molecule has 2 N–H and O–H groups in total. The van der Waals surface area contributed by atoms with Crippen molar-refractivity contribution >= 4 is 17.6 Å². The molecule has 1 unspecified atom stereocenters. The van der Waals surface area contributed by atoms with Crippen LogP contribution in [-0.2, 0) is 9.53 Å². The number of ether oxygens (including phenoxy) is 1. The first kappa shape index (κ1) is 19.5. The van der Waals surface area contributed by atoms with Crippen molar-refractivity contribution in [2.24, 2.45) is 4.99 Å². The van der Waals surface area contributed by atoms with Gasteiger partial charge in [-0.1, -0.05) is 18.2 Å². The van der Waals surface area contributed by atoms with E-state index < -0.39 is 0 Å². The fourth-order valence-electron chi connectivity index (χ4n) is 3.83. The normalized spacial score (nSPS) is 20.7. The summed E-state index contributed by atoms with van der Waals surface area (Å²) in [6.07, 6.45) is 6.90. The number of carbonyl (C=O) groups excluding carboxylic acids is 1. The second-order valence-corrected chi connectivity index (χ2v) is 7.41. The molecule has 0 amide bonds. The maximum absolute atomic E-state index is 11.9. The molecule has 1 aliphatic carbocycles. The van der Waals surface area contributed by atoms with Crippen molar-refractivity contribution in [1.29, 1.82) is 0 Å². The second-order valence-electron chi connectivity index (χ2n) is 7.41. The van der Waals surface area contributed by atoms with Gasteiger partial charge in [0.1, 0.15) is 6.10 Å². The highest BCUT2D eigenvalue weighted by molar-refractivity contribution is 5.80. The average molecular weight is 373 g/mol. The molecule has 1 aliphatic heterocycles. The molecule has 27 heavy (non-hydrogen) atoms. The molecule has 1 aromatic rings. The molecule has 0 bridgehead atoms. The van der Waals surface area contributed by atoms with Gasteiger partial charge in [-0.25, -0.2) is 0 Å². The Bertz CT molecular complexity index is 614. The predicted octanol–water partition coefficient (Wildman–Crippen LogP) is 2.70. The molecule has 6 heteroatoms. The molecule has 1 atom stereocenters. The lowest BCUT2D eigenvalue weighted by molar-refractivity contribution is -0.148. The second kappa shape index (κ2) is 10.2. The number of hydrogen-bond acceptors (Lipinski definition) is 4. The third-order valence-corrected chi connectivity index (χ3v) is 5.32. The van der Waals surface area contributed by atoms with E-state index in [0.29, 0.717) is 19.0 Å². The van der Waals surface area contributed by atoms with Crippen LogP contribution in [0.1, 0.15) is 44.9 Å². The molecule has 1 saturated carbocycles. The van der Waals surface area contributed by atoms with Crippen molar-refractivity contribution in [3.8, 4) is 0 Å². The Kier molecular flexibility index (Phi) is 7.36. The average Bonchev–Trinajstić information content (AvgIpc) is 3.37. The summed E-state index contributed by atoms with van der Waals surface area (Å²) in [5, 5.41) is 6.81. The minimum absolute atomic E-state index is 0.0686. The Labute approximate surface area is 162 Å². The van der Waals surface area contributed by atoms with E-state index in [9.17, 15) is 4.79 Å². The first-order chi connectivity index (χ1) is 13.2. The van der Waals surface area contributed by atoms with E-state index in [1.54, 1.807) is 7.05 Å². The number of benzene rings is 1. The summed E-state index contributed by atoms with van der Waals surface area (Å²) in [6.45, 7) is 2.73. The Morgan fingerprint density at radius 2 is 2.00 bits per heavy atom. The summed E-state index contributed by atoms with van der Waals surface area (Å²) in [5.74, 6) is 0.736. The van der Waals surface area contributed by atoms with Crippen molar-refractivity contribution < 1.29 is 9.53 Å². The van der Waals surface area contributed by atoms with E-state index in [-0.39, 0.29) is 12.1 Å². The van der Waals surface area contributed by atoms with E-state index >= 15 is 0 Å². The van der Waals surface area contributed by atoms with Crippen LogP contribution in [0, 0.1) is 0 Å². The van der Waals surface area contributed by atoms with Crippen molar-refractivity contribution in [1.82, 2.24) is 10.6 Å². The Balaban J connectivity index is 1.32. The van der Waals surface area contributed by atoms with Crippen molar-refractivity contribution in [2.75, 3.05) is 31.6 Å². The summed E-state index contributed by atoms with van der Waals surface area (Å²) in [4.78, 5) is 18.6. The SMILES string of the molecule is CN=C(NCCCC(=O)OC1CCCC1)NC1CCN(c2ccccc2)C1. The Morgan fingerprint density at radius 3 is 2.74 bits per heavy atom. The van der Waals surface area contributed by atoms with E-state index in [1.807, 2.05) is 6.07 Å². The van der Waals surface area contributed by atoms with Gasteiger partial charge >= 0.3 is 5.97 Å². The maximum Gasteiger partial charge on any atom is 0.306 e. The Morgan fingerprint density at radius 1 is 1.22 bits per heavy atom. The fraction of sp³-hybridized carbons (Fsp3) is 0.619. The number of nitrogens with one attached hydrogen (secondary N) is 2. The standard InChI is InChI=1S/C21H32N4O2/c1-22-21(23-14-7-12-20(26)27-19-10-5-6-11-19)24-17-13-15-25(16-17)18-8-3-2-4-9-18/h2-4,8-9,17,19H,5-7,10-16H2,1H3,(H2,22,23,24). The van der Waals surface area contributed by atoms with Crippen LogP contribution in [-0.4, -0.2) is 50.8 Å². The molecule has 3 rings (SSSR count). The van der Waals surface area contributed by atoms with E-state index in [4.69, 9.17) is 4.74 Å². The summed E-state index contributed by atoms with van der Waals surface area (Å²) < 4.78 is 5.49. The summed E-state index contributed by atoms with van der Waals surface area (Å²) in [7, 11) is 1.79. The molecule has 0 radical (unpaired) electrons. The van der Waals surface area contributed by atoms with Crippen LogP contribution in [0.3, 0.4) is 0 Å². The zero-order chi connectivity index (χ0) is 18.9. The van der Waals surface area contributed by atoms with Gasteiger partial charge in [-0.2, -0.15) is 0 Å². The number of carbonyl (C=O) groups is 1. The zero-order valence-corrected chi connectivity index (χ0v) is 16.3. The number of nitrogens with zero attached hydrogens (tertiary/aromatic N) is 2. The van der Waals surface area contributed by atoms with Crippen LogP contribution in [0.4, 0.5) is 5.69 Å². The first-order valence-electron chi connectivity index (χ1n) is 10.2. The van der Waals surface area contributed by atoms with E-state index in [2.05, 4.69) is 44.8 Å². The van der Waals surface area contributed by atoms with Gasteiger partial charge in [0.15, 0.2) is 5.96 Å². The van der Waals surface area contributed by atoms with Crippen LogP contribution in [0.25, 0.3) is 0 Å². The molecule has 148 valence electrons. The highest BCUT2D eigenvalue weighted by Gasteiger charge is 2.23. The molecular weight excluding hydrogens is 340 g/mol. The third kappa shape index (κ3) is 6.15. The zero-order valence-electron chi connectivity index (χ0n) is 16.3. The lowest BCUT2D eigenvalue weighted by atomic mass is 10.2. The number of aliphatic imine (C=N–C) groups is 1. The van der Waals surface area contributed by atoms with Gasteiger partial charge in [-0.15, -0.1) is 0 Å². The molecule has 1 saturated heterocycles. The number of hydrogen-bond donors (Lipinski definition) is 2. The minimum atomic E-state index is -0.0686. The van der Waals surface area contributed by atoms with Crippen molar-refractivity contribution in [3.05, 3.63) is 30.3 Å². The summed E-state index contributed by atoms with van der Waals surface area (Å²) >= 11 is 0. The molecular formula is C21H32N4O2. The summed E-state index contributed by atoms with van der Waals surface area (Å²) in [5.41, 5.74) is 1.27. The van der Waals surface area contributed by atoms with Gasteiger partial charge in [0.2, 0.25) is 0 Å². The highest BCUT2D eigenvalue weighted by Crippen LogP contribution is 2.21. The molecule has 0 aromatic heterocycles. The molecule has 0 spiro atoms. The lowest BCUT2D eigenvalue weighted by Gasteiger charge is -2.20. The van der Waals surface area contributed by atoms with E-state index in [0.717, 1.165) is 44.7 Å². The molecule has 2 aliphatic rings. The summed E-state index contributed by atoms with van der Waals surface area (Å²) in [6, 6.07) is 10.9. The quantitative estimate of drug-likeness (QED) is 0.333. The van der Waals surface area contributed by atoms with Crippen LogP contribution in [0.2, 0.25) is 0 Å². The van der Waals surface area contributed by atoms with Gasteiger partial charge in [0.05, 0.1) is 0 Å². The number of anilines is 1. The molecule has 2 fully saturated rings. The van der Waals surface area contributed by atoms with Gasteiger partial charge in [0, 0.05) is 44.8 Å². The fourth-order valence-corrected chi connectivity index (χ4v) is 3.83. The van der Waals surface area contributed by atoms with Crippen LogP contribution in [0.15, 0.2) is 35.3 Å². The van der Waals surface area contributed by atoms with E-state index in [1.165, 1.54) is 18.5 Å². The highest BCUT2D eigenvalue weighted by atomic mass is 16.5. The van der Waals surface area contributed by atoms with Gasteiger partial charge < -0.3 is 20.3 Å². The minimum Gasteiger partial charge on any atom is -0.462 e. The maximum atomic E-state index is 11.9. The number of para-hydroxylation sites is 1. The first-order valence-corrected chi connectivity index (χ1v) is 10.2. The number of guanidine groups is 1. The van der Waals surface area contributed by atoms with Gasteiger partial charge in [-0.05, 0) is 50.7 Å². The lowest BCUT2D eigenvalue weighted by Crippen LogP contribution is -2.44. The molecule has 6 nitrogen and oxygen atoms in total. The predicted molar refractivity (Wildman–Crippen MR) is 109 cm³/mol. The Hall–Kier alpha value is -2.24. The molecule has 1 aromatic carbocycles. The molecule has 1 heterocycles. The van der Waals surface area contributed by atoms with Gasteiger partial charge in [-0.3, -0.25) is 9.79 Å². The monoisotopic (exact) mass is 372 g/mol. The smallest absolute Gasteiger partial charge is 0.306 e. The van der Waals surface area contributed by atoms with Crippen LogP contribution >= 0.6 is 0 Å². The van der Waals surface area contributed by atoms with Crippen LogP contribution < -0.4 is 15.5 Å². The van der Waals surface area contributed by atoms with Crippen molar-refractivity contribution in [2.45, 2.75) is 57.1 Å². The van der Waals surface area contributed by atoms with Crippen LogP contribution in [0.5, 0.6) is 0 Å².